The number of benzene rings is 2. The maximum absolute atomic E-state index is 13.9. The lowest BCUT2D eigenvalue weighted by molar-refractivity contribution is 0.306. The maximum Gasteiger partial charge on any atom is 0.126 e. The largest absolute Gasteiger partial charge is 0.494 e. The predicted octanol–water partition coefficient (Wildman–Crippen LogP) is 4.68. The second-order valence-corrected chi connectivity index (χ2v) is 5.86. The van der Waals surface area contributed by atoms with Gasteiger partial charge in [-0.15, -0.1) is 0 Å². The molecule has 2 nitrogen and oxygen atoms in total. The predicted molar refractivity (Wildman–Crippen MR) is 93.4 cm³/mol. The fourth-order valence-corrected chi connectivity index (χ4v) is 2.67. The summed E-state index contributed by atoms with van der Waals surface area (Å²) in [5, 5.41) is 0. The summed E-state index contributed by atoms with van der Waals surface area (Å²) in [5.41, 5.74) is 7.69. The van der Waals surface area contributed by atoms with Crippen molar-refractivity contribution in [3.63, 3.8) is 0 Å². The van der Waals surface area contributed by atoms with Gasteiger partial charge in [0.1, 0.15) is 11.6 Å². The highest BCUT2D eigenvalue weighted by atomic mass is 19.1. The summed E-state index contributed by atoms with van der Waals surface area (Å²) in [5.74, 6) is 0.700. The van der Waals surface area contributed by atoms with Crippen molar-refractivity contribution in [2.45, 2.75) is 38.5 Å². The van der Waals surface area contributed by atoms with Crippen LogP contribution in [0.3, 0.4) is 0 Å². The van der Waals surface area contributed by atoms with Gasteiger partial charge in [0.05, 0.1) is 6.61 Å². The summed E-state index contributed by atoms with van der Waals surface area (Å²) in [6.07, 6.45) is 4.20. The highest BCUT2D eigenvalue weighted by molar-refractivity contribution is 5.30. The monoisotopic (exact) mass is 315 g/mol. The molecule has 23 heavy (non-hydrogen) atoms. The summed E-state index contributed by atoms with van der Waals surface area (Å²) < 4.78 is 19.6. The third kappa shape index (κ3) is 5.36. The molecule has 124 valence electrons. The Kier molecular flexibility index (Phi) is 7.08. The highest BCUT2D eigenvalue weighted by Gasteiger charge is 2.14. The second-order valence-electron chi connectivity index (χ2n) is 5.86. The number of nitrogens with two attached hydrogens (primary N) is 1. The van der Waals surface area contributed by atoms with Gasteiger partial charge >= 0.3 is 0 Å². The van der Waals surface area contributed by atoms with Gasteiger partial charge in [0.2, 0.25) is 0 Å². The molecule has 0 radical (unpaired) electrons. The molecule has 0 spiro atoms. The number of hydrogen-bond acceptors (Lipinski definition) is 2. The van der Waals surface area contributed by atoms with Crippen LogP contribution in [0.15, 0.2) is 48.5 Å². The van der Waals surface area contributed by atoms with Gasteiger partial charge in [-0.1, -0.05) is 50.1 Å². The first-order chi connectivity index (χ1) is 11.2. The number of rotatable bonds is 9. The Hall–Kier alpha value is -1.87. The van der Waals surface area contributed by atoms with Gasteiger partial charge in [-0.05, 0) is 48.7 Å². The van der Waals surface area contributed by atoms with Gasteiger partial charge in [-0.3, -0.25) is 0 Å². The molecule has 0 bridgehead atoms. The second kappa shape index (κ2) is 9.31. The lowest BCUT2D eigenvalue weighted by Gasteiger charge is -2.16. The van der Waals surface area contributed by atoms with Crippen molar-refractivity contribution in [2.24, 2.45) is 5.73 Å². The van der Waals surface area contributed by atoms with Crippen LogP contribution in [-0.2, 0) is 6.42 Å². The molecule has 1 atom stereocenters. The third-order valence-electron chi connectivity index (χ3n) is 4.05. The molecular weight excluding hydrogens is 289 g/mol. The molecule has 2 N–H and O–H groups in total. The number of unbranched alkanes of at least 4 members (excludes halogenated alkanes) is 2. The molecule has 0 amide bonds. The normalized spacial score (nSPS) is 12.1. The lowest BCUT2D eigenvalue weighted by atomic mass is 9.91. The van der Waals surface area contributed by atoms with Crippen LogP contribution in [-0.4, -0.2) is 13.2 Å². The average Bonchev–Trinajstić information content (AvgIpc) is 2.58. The van der Waals surface area contributed by atoms with Crippen LogP contribution in [0.25, 0.3) is 0 Å². The number of halogens is 1. The zero-order chi connectivity index (χ0) is 16.5. The minimum atomic E-state index is -0.182. The van der Waals surface area contributed by atoms with Crippen LogP contribution in [0.2, 0.25) is 0 Å². The molecule has 0 aromatic heterocycles. The molecular formula is C20H26FNO. The van der Waals surface area contributed by atoms with E-state index in [1.54, 1.807) is 6.07 Å². The summed E-state index contributed by atoms with van der Waals surface area (Å²) in [7, 11) is 0. The number of ether oxygens (including phenoxy) is 1. The van der Waals surface area contributed by atoms with Crippen LogP contribution in [0.4, 0.5) is 4.39 Å². The van der Waals surface area contributed by atoms with E-state index < -0.39 is 0 Å². The van der Waals surface area contributed by atoms with E-state index in [1.165, 1.54) is 18.9 Å². The highest BCUT2D eigenvalue weighted by Crippen LogP contribution is 2.23. The Morgan fingerprint density at radius 3 is 2.43 bits per heavy atom. The van der Waals surface area contributed by atoms with Crippen LogP contribution >= 0.6 is 0 Å². The first-order valence-corrected chi connectivity index (χ1v) is 8.40. The molecule has 2 aromatic carbocycles. The Morgan fingerprint density at radius 2 is 1.78 bits per heavy atom. The fraction of sp³-hybridized carbons (Fsp3) is 0.400. The van der Waals surface area contributed by atoms with Gasteiger partial charge < -0.3 is 10.5 Å². The standard InChI is InChI=1S/C20H26FNO/c1-2-3-6-13-23-18-11-9-16(10-12-18)14-17(15-22)19-7-4-5-8-20(19)21/h4-5,7-12,17H,2-3,6,13-15,22H2,1H3. The van der Waals surface area contributed by atoms with Crippen molar-refractivity contribution < 1.29 is 9.13 Å². The van der Waals surface area contributed by atoms with E-state index in [4.69, 9.17) is 10.5 Å². The van der Waals surface area contributed by atoms with E-state index in [0.717, 1.165) is 30.8 Å². The van der Waals surface area contributed by atoms with Crippen molar-refractivity contribution in [1.82, 2.24) is 0 Å². The van der Waals surface area contributed by atoms with E-state index in [0.29, 0.717) is 12.1 Å². The zero-order valence-electron chi connectivity index (χ0n) is 13.8. The molecule has 0 aliphatic heterocycles. The molecule has 0 aliphatic carbocycles. The average molecular weight is 315 g/mol. The van der Waals surface area contributed by atoms with Gasteiger partial charge in [0.15, 0.2) is 0 Å². The van der Waals surface area contributed by atoms with Crippen LogP contribution in [0, 0.1) is 5.82 Å². The molecule has 0 saturated heterocycles. The first kappa shape index (κ1) is 17.5. The minimum absolute atomic E-state index is 0.00692. The Morgan fingerprint density at radius 1 is 1.04 bits per heavy atom. The SMILES string of the molecule is CCCCCOc1ccc(CC(CN)c2ccccc2F)cc1. The van der Waals surface area contributed by atoms with Crippen molar-refractivity contribution in [2.75, 3.05) is 13.2 Å². The molecule has 2 aromatic rings. The van der Waals surface area contributed by atoms with E-state index in [9.17, 15) is 4.39 Å². The third-order valence-corrected chi connectivity index (χ3v) is 4.05. The van der Waals surface area contributed by atoms with Crippen LogP contribution in [0.5, 0.6) is 5.75 Å². The molecule has 0 aliphatic rings. The maximum atomic E-state index is 13.9. The van der Waals surface area contributed by atoms with Crippen molar-refractivity contribution >= 4 is 0 Å². The van der Waals surface area contributed by atoms with Crippen molar-refractivity contribution in [3.8, 4) is 5.75 Å². The van der Waals surface area contributed by atoms with Gasteiger partial charge in [0.25, 0.3) is 0 Å². The molecule has 2 rings (SSSR count). The topological polar surface area (TPSA) is 35.2 Å². The van der Waals surface area contributed by atoms with E-state index in [2.05, 4.69) is 6.92 Å². The Labute approximate surface area is 138 Å². The van der Waals surface area contributed by atoms with E-state index in [1.807, 2.05) is 36.4 Å². The minimum Gasteiger partial charge on any atom is -0.494 e. The molecule has 0 fully saturated rings. The molecule has 0 saturated carbocycles. The van der Waals surface area contributed by atoms with Gasteiger partial charge in [-0.25, -0.2) is 4.39 Å². The van der Waals surface area contributed by atoms with E-state index >= 15 is 0 Å². The van der Waals surface area contributed by atoms with E-state index in [-0.39, 0.29) is 11.7 Å². The Balaban J connectivity index is 1.95. The zero-order valence-corrected chi connectivity index (χ0v) is 13.8. The van der Waals surface area contributed by atoms with Gasteiger partial charge in [0, 0.05) is 5.92 Å². The smallest absolute Gasteiger partial charge is 0.126 e. The quantitative estimate of drug-likeness (QED) is 0.682. The van der Waals surface area contributed by atoms with Gasteiger partial charge in [-0.2, -0.15) is 0 Å². The molecule has 0 heterocycles. The fourth-order valence-electron chi connectivity index (χ4n) is 2.67. The number of hydrogen-bond donors (Lipinski definition) is 1. The summed E-state index contributed by atoms with van der Waals surface area (Å²) in [6, 6.07) is 14.9. The molecule has 3 heteroatoms. The van der Waals surface area contributed by atoms with Crippen molar-refractivity contribution in [1.29, 1.82) is 0 Å². The first-order valence-electron chi connectivity index (χ1n) is 8.40. The summed E-state index contributed by atoms with van der Waals surface area (Å²) >= 11 is 0. The summed E-state index contributed by atoms with van der Waals surface area (Å²) in [4.78, 5) is 0. The molecule has 1 unspecified atom stereocenters. The van der Waals surface area contributed by atoms with Crippen LogP contribution < -0.4 is 10.5 Å². The summed E-state index contributed by atoms with van der Waals surface area (Å²) in [6.45, 7) is 3.36. The van der Waals surface area contributed by atoms with Crippen molar-refractivity contribution in [3.05, 3.63) is 65.5 Å². The Bertz CT molecular complexity index is 582. The van der Waals surface area contributed by atoms with Crippen LogP contribution in [0.1, 0.15) is 43.2 Å². The lowest BCUT2D eigenvalue weighted by Crippen LogP contribution is -2.16.